The summed E-state index contributed by atoms with van der Waals surface area (Å²) in [4.78, 5) is 37.0. The topological polar surface area (TPSA) is 88.6 Å². The fourth-order valence-corrected chi connectivity index (χ4v) is 2.91. The van der Waals surface area contributed by atoms with Gasteiger partial charge in [0.2, 0.25) is 11.9 Å². The Hall–Kier alpha value is -3.23. The second kappa shape index (κ2) is 6.34. The van der Waals surface area contributed by atoms with E-state index >= 15 is 0 Å². The van der Waals surface area contributed by atoms with Crippen LogP contribution in [0.2, 0.25) is 0 Å². The largest absolute Gasteiger partial charge is 0.350 e. The molecule has 25 heavy (non-hydrogen) atoms. The van der Waals surface area contributed by atoms with Gasteiger partial charge in [-0.1, -0.05) is 6.07 Å². The van der Waals surface area contributed by atoms with Crippen LogP contribution in [0.4, 0.5) is 5.95 Å². The minimum atomic E-state index is -0.305. The van der Waals surface area contributed by atoms with Gasteiger partial charge in [-0.3, -0.25) is 9.20 Å². The molecule has 9 heteroatoms. The van der Waals surface area contributed by atoms with E-state index in [0.717, 1.165) is 0 Å². The Morgan fingerprint density at radius 2 is 1.80 bits per heavy atom. The SMILES string of the molecule is O=C(Cn1nc2ccccn2c1=O)N1CCN(c2ncccn2)CC1. The zero-order chi connectivity index (χ0) is 17.2. The van der Waals surface area contributed by atoms with E-state index in [-0.39, 0.29) is 18.1 Å². The molecule has 0 radical (unpaired) electrons. The van der Waals surface area contributed by atoms with Crippen molar-refractivity contribution in [1.29, 1.82) is 0 Å². The molecule has 1 aliphatic rings. The molecule has 0 spiro atoms. The number of rotatable bonds is 3. The van der Waals surface area contributed by atoms with Gasteiger partial charge >= 0.3 is 5.69 Å². The predicted molar refractivity (Wildman–Crippen MR) is 90.3 cm³/mol. The first-order valence-electron chi connectivity index (χ1n) is 8.06. The van der Waals surface area contributed by atoms with Gasteiger partial charge in [0, 0.05) is 44.8 Å². The van der Waals surface area contributed by atoms with Gasteiger partial charge in [0.25, 0.3) is 0 Å². The molecular weight excluding hydrogens is 322 g/mol. The quantitative estimate of drug-likeness (QED) is 0.647. The Kier molecular flexibility index (Phi) is 3.88. The average molecular weight is 339 g/mol. The zero-order valence-electron chi connectivity index (χ0n) is 13.5. The summed E-state index contributed by atoms with van der Waals surface area (Å²) in [5, 5.41) is 4.20. The predicted octanol–water partition coefficient (Wildman–Crippen LogP) is -0.365. The summed E-state index contributed by atoms with van der Waals surface area (Å²) in [6.45, 7) is 2.41. The first kappa shape index (κ1) is 15.3. The molecule has 0 atom stereocenters. The normalized spacial score (nSPS) is 14.9. The Bertz CT molecular complexity index is 942. The minimum absolute atomic E-state index is 0.0532. The number of anilines is 1. The Morgan fingerprint density at radius 3 is 2.52 bits per heavy atom. The summed E-state index contributed by atoms with van der Waals surface area (Å²) in [5.74, 6) is 0.560. The number of amides is 1. The van der Waals surface area contributed by atoms with Crippen molar-refractivity contribution < 1.29 is 4.79 Å². The maximum Gasteiger partial charge on any atom is 0.350 e. The number of hydrogen-bond donors (Lipinski definition) is 0. The monoisotopic (exact) mass is 339 g/mol. The number of hydrogen-bond acceptors (Lipinski definition) is 6. The lowest BCUT2D eigenvalue weighted by Gasteiger charge is -2.34. The minimum Gasteiger partial charge on any atom is -0.338 e. The molecule has 3 aromatic heterocycles. The first-order chi connectivity index (χ1) is 12.2. The lowest BCUT2D eigenvalue weighted by Crippen LogP contribution is -2.50. The van der Waals surface area contributed by atoms with Crippen LogP contribution in [0, 0.1) is 0 Å². The van der Waals surface area contributed by atoms with Gasteiger partial charge in [0.15, 0.2) is 5.65 Å². The van der Waals surface area contributed by atoms with Crippen LogP contribution >= 0.6 is 0 Å². The van der Waals surface area contributed by atoms with Crippen LogP contribution in [0.25, 0.3) is 5.65 Å². The van der Waals surface area contributed by atoms with E-state index in [9.17, 15) is 9.59 Å². The van der Waals surface area contributed by atoms with Crippen molar-refractivity contribution >= 4 is 17.5 Å². The lowest BCUT2D eigenvalue weighted by molar-refractivity contribution is -0.132. The van der Waals surface area contributed by atoms with E-state index in [2.05, 4.69) is 15.1 Å². The Morgan fingerprint density at radius 1 is 1.04 bits per heavy atom. The van der Waals surface area contributed by atoms with E-state index in [4.69, 9.17) is 0 Å². The van der Waals surface area contributed by atoms with Crippen molar-refractivity contribution in [1.82, 2.24) is 29.0 Å². The third kappa shape index (κ3) is 2.95. The number of nitrogens with zero attached hydrogens (tertiary/aromatic N) is 7. The molecule has 9 nitrogen and oxygen atoms in total. The molecule has 0 bridgehead atoms. The highest BCUT2D eigenvalue weighted by molar-refractivity contribution is 5.76. The molecule has 1 saturated heterocycles. The fraction of sp³-hybridized carbons (Fsp3) is 0.312. The van der Waals surface area contributed by atoms with Crippen molar-refractivity contribution in [3.8, 4) is 0 Å². The number of piperazine rings is 1. The summed E-state index contributed by atoms with van der Waals surface area (Å²) < 4.78 is 2.64. The summed E-state index contributed by atoms with van der Waals surface area (Å²) in [5.41, 5.74) is 0.228. The van der Waals surface area contributed by atoms with Gasteiger partial charge in [-0.05, 0) is 18.2 Å². The molecule has 4 rings (SSSR count). The highest BCUT2D eigenvalue weighted by Gasteiger charge is 2.23. The molecule has 3 aromatic rings. The van der Waals surface area contributed by atoms with Gasteiger partial charge in [-0.2, -0.15) is 0 Å². The highest BCUT2D eigenvalue weighted by atomic mass is 16.2. The van der Waals surface area contributed by atoms with E-state index in [1.165, 1.54) is 9.08 Å². The van der Waals surface area contributed by atoms with Crippen LogP contribution in [0.5, 0.6) is 0 Å². The Labute approximate surface area is 143 Å². The smallest absolute Gasteiger partial charge is 0.338 e. The van der Waals surface area contributed by atoms with Crippen molar-refractivity contribution in [2.75, 3.05) is 31.1 Å². The van der Waals surface area contributed by atoms with Crippen molar-refractivity contribution in [2.24, 2.45) is 0 Å². The maximum atomic E-state index is 12.5. The second-order valence-corrected chi connectivity index (χ2v) is 5.79. The molecule has 0 aromatic carbocycles. The summed E-state index contributed by atoms with van der Waals surface area (Å²) in [6, 6.07) is 7.07. The molecule has 0 N–H and O–H groups in total. The van der Waals surface area contributed by atoms with E-state index in [0.29, 0.717) is 37.8 Å². The molecule has 4 heterocycles. The highest BCUT2D eigenvalue weighted by Crippen LogP contribution is 2.10. The van der Waals surface area contributed by atoms with E-state index in [1.807, 2.05) is 4.90 Å². The van der Waals surface area contributed by atoms with Crippen LogP contribution in [-0.4, -0.2) is 61.1 Å². The number of aromatic nitrogens is 5. The third-order valence-corrected chi connectivity index (χ3v) is 4.24. The summed E-state index contributed by atoms with van der Waals surface area (Å²) >= 11 is 0. The first-order valence-corrected chi connectivity index (χ1v) is 8.06. The van der Waals surface area contributed by atoms with Gasteiger partial charge < -0.3 is 9.80 Å². The molecule has 0 saturated carbocycles. The van der Waals surface area contributed by atoms with Crippen molar-refractivity contribution in [2.45, 2.75) is 6.54 Å². The molecule has 0 unspecified atom stereocenters. The van der Waals surface area contributed by atoms with Crippen LogP contribution in [0.3, 0.4) is 0 Å². The van der Waals surface area contributed by atoms with E-state index < -0.39 is 0 Å². The molecule has 0 aliphatic carbocycles. The van der Waals surface area contributed by atoms with Crippen molar-refractivity contribution in [3.05, 3.63) is 53.3 Å². The third-order valence-electron chi connectivity index (χ3n) is 4.24. The van der Waals surface area contributed by atoms with Crippen LogP contribution in [0.1, 0.15) is 0 Å². The van der Waals surface area contributed by atoms with Crippen LogP contribution < -0.4 is 10.6 Å². The summed E-state index contributed by atoms with van der Waals surface area (Å²) in [6.07, 6.45) is 5.05. The zero-order valence-corrected chi connectivity index (χ0v) is 13.5. The maximum absolute atomic E-state index is 12.5. The number of carbonyl (C=O) groups is 1. The molecule has 1 amide bonds. The van der Waals surface area contributed by atoms with Crippen LogP contribution in [0.15, 0.2) is 47.7 Å². The number of carbonyl (C=O) groups excluding carboxylic acids is 1. The summed E-state index contributed by atoms with van der Waals surface area (Å²) in [7, 11) is 0. The molecule has 1 fully saturated rings. The Balaban J connectivity index is 1.42. The van der Waals surface area contributed by atoms with Crippen molar-refractivity contribution in [3.63, 3.8) is 0 Å². The molecular formula is C16H17N7O2. The van der Waals surface area contributed by atoms with Gasteiger partial charge in [0.05, 0.1) is 0 Å². The van der Waals surface area contributed by atoms with E-state index in [1.54, 1.807) is 47.8 Å². The average Bonchev–Trinajstić information content (AvgIpc) is 2.98. The molecule has 128 valence electrons. The van der Waals surface area contributed by atoms with Gasteiger partial charge in [-0.25, -0.2) is 19.4 Å². The van der Waals surface area contributed by atoms with Crippen LogP contribution in [-0.2, 0) is 11.3 Å². The molecule has 1 aliphatic heterocycles. The second-order valence-electron chi connectivity index (χ2n) is 5.79. The lowest BCUT2D eigenvalue weighted by atomic mass is 10.3. The van der Waals surface area contributed by atoms with Gasteiger partial charge in [-0.15, -0.1) is 5.10 Å². The fourth-order valence-electron chi connectivity index (χ4n) is 2.91. The standard InChI is InChI=1S/C16H17N7O2/c24-14(12-23-16(25)22-7-2-1-4-13(22)19-23)20-8-10-21(11-9-20)15-17-5-3-6-18-15/h1-7H,8-12H2. The number of pyridine rings is 1. The number of fused-ring (bicyclic) bond motifs is 1. The van der Waals surface area contributed by atoms with Gasteiger partial charge in [0.1, 0.15) is 6.54 Å².